The molecule has 0 heterocycles. The summed E-state index contributed by atoms with van der Waals surface area (Å²) >= 11 is 16.0. The van der Waals surface area contributed by atoms with Crippen LogP contribution in [0.5, 0.6) is 0 Å². The molecule has 0 bridgehead atoms. The van der Waals surface area contributed by atoms with Gasteiger partial charge >= 0.3 is 0 Å². The zero-order valence-electron chi connectivity index (χ0n) is 7.98. The second-order valence-electron chi connectivity index (χ2n) is 2.15. The predicted octanol–water partition coefficient (Wildman–Crippen LogP) is 4.60. The SMILES string of the molecule is C/C=C/CCCl.ClC/C=C/CCCl. The van der Waals surface area contributed by atoms with Crippen molar-refractivity contribution in [1.82, 2.24) is 0 Å². The zero-order valence-corrected chi connectivity index (χ0v) is 10.2. The van der Waals surface area contributed by atoms with E-state index in [0.717, 1.165) is 18.7 Å². The van der Waals surface area contributed by atoms with Gasteiger partial charge in [0.1, 0.15) is 0 Å². The largest absolute Gasteiger partial charge is 0.126 e. The molecule has 0 atom stereocenters. The summed E-state index contributed by atoms with van der Waals surface area (Å²) in [4.78, 5) is 0. The molecule has 0 N–H and O–H groups in total. The highest BCUT2D eigenvalue weighted by molar-refractivity contribution is 6.19. The van der Waals surface area contributed by atoms with Crippen LogP contribution in [0.2, 0.25) is 0 Å². The molecule has 13 heavy (non-hydrogen) atoms. The quantitative estimate of drug-likeness (QED) is 0.489. The fourth-order valence-corrected chi connectivity index (χ4v) is 0.851. The van der Waals surface area contributed by atoms with Gasteiger partial charge in [0, 0.05) is 17.6 Å². The Balaban J connectivity index is 0. The second-order valence-corrected chi connectivity index (χ2v) is 3.21. The van der Waals surface area contributed by atoms with Crippen molar-refractivity contribution in [3.63, 3.8) is 0 Å². The van der Waals surface area contributed by atoms with Gasteiger partial charge in [-0.2, -0.15) is 0 Å². The van der Waals surface area contributed by atoms with E-state index in [4.69, 9.17) is 34.8 Å². The van der Waals surface area contributed by atoms with Gasteiger partial charge in [0.15, 0.2) is 0 Å². The van der Waals surface area contributed by atoms with Gasteiger partial charge in [-0.1, -0.05) is 24.3 Å². The Bertz CT molecular complexity index is 119. The van der Waals surface area contributed by atoms with Crippen LogP contribution in [-0.2, 0) is 0 Å². The number of hydrogen-bond acceptors (Lipinski definition) is 0. The molecule has 0 nitrogen and oxygen atoms in total. The van der Waals surface area contributed by atoms with Gasteiger partial charge in [-0.15, -0.1) is 34.8 Å². The predicted molar refractivity (Wildman–Crippen MR) is 65.3 cm³/mol. The molecule has 0 radical (unpaired) electrons. The molecule has 0 rings (SSSR count). The molecule has 0 saturated heterocycles. The van der Waals surface area contributed by atoms with Crippen molar-refractivity contribution in [3.05, 3.63) is 24.3 Å². The third kappa shape index (κ3) is 24.5. The van der Waals surface area contributed by atoms with Gasteiger partial charge in [0.25, 0.3) is 0 Å². The summed E-state index contributed by atoms with van der Waals surface area (Å²) in [5, 5.41) is 0. The first-order valence-electron chi connectivity index (χ1n) is 4.27. The molecule has 0 unspecified atom stereocenters. The maximum Gasteiger partial charge on any atom is 0.0404 e. The molecule has 3 heteroatoms. The number of hydrogen-bond donors (Lipinski definition) is 0. The minimum atomic E-state index is 0.594. The van der Waals surface area contributed by atoms with Crippen molar-refractivity contribution in [3.8, 4) is 0 Å². The summed E-state index contributed by atoms with van der Waals surface area (Å²) in [5.74, 6) is 2.02. The van der Waals surface area contributed by atoms with E-state index in [1.54, 1.807) is 0 Å². The first kappa shape index (κ1) is 15.8. The lowest BCUT2D eigenvalue weighted by molar-refractivity contribution is 1.23. The summed E-state index contributed by atoms with van der Waals surface area (Å²) in [6, 6.07) is 0. The standard InChI is InChI=1S/C5H8Cl2.C5H9Cl/c6-4-2-1-3-5-7;1-2-3-4-5-6/h1-2H,3-5H2;2-3H,4-5H2,1H3/b2-1+;3-2+. The Morgan fingerprint density at radius 2 is 1.38 bits per heavy atom. The van der Waals surface area contributed by atoms with Crippen LogP contribution in [0.1, 0.15) is 19.8 Å². The first-order valence-corrected chi connectivity index (χ1v) is 5.87. The van der Waals surface area contributed by atoms with Crippen LogP contribution < -0.4 is 0 Å². The second kappa shape index (κ2) is 18.2. The molecule has 0 aromatic heterocycles. The number of rotatable bonds is 5. The number of allylic oxidation sites excluding steroid dienone is 4. The van der Waals surface area contributed by atoms with Crippen molar-refractivity contribution >= 4 is 34.8 Å². The van der Waals surface area contributed by atoms with Crippen LogP contribution in [0.15, 0.2) is 24.3 Å². The van der Waals surface area contributed by atoms with Crippen molar-refractivity contribution in [2.45, 2.75) is 19.8 Å². The molecule has 78 valence electrons. The van der Waals surface area contributed by atoms with Crippen LogP contribution in [0.4, 0.5) is 0 Å². The maximum atomic E-state index is 5.34. The summed E-state index contributed by atoms with van der Waals surface area (Å²) in [6.07, 6.45) is 9.84. The summed E-state index contributed by atoms with van der Waals surface area (Å²) in [5.41, 5.74) is 0. The van der Waals surface area contributed by atoms with Gasteiger partial charge in [-0.25, -0.2) is 0 Å². The fourth-order valence-electron chi connectivity index (χ4n) is 0.474. The zero-order chi connectivity index (χ0) is 10.4. The van der Waals surface area contributed by atoms with Gasteiger partial charge < -0.3 is 0 Å². The number of halogens is 3. The van der Waals surface area contributed by atoms with Crippen molar-refractivity contribution in [2.24, 2.45) is 0 Å². The van der Waals surface area contributed by atoms with Gasteiger partial charge in [0.2, 0.25) is 0 Å². The van der Waals surface area contributed by atoms with E-state index in [2.05, 4.69) is 0 Å². The minimum Gasteiger partial charge on any atom is -0.126 e. The molecule has 0 fully saturated rings. The monoisotopic (exact) mass is 242 g/mol. The van der Waals surface area contributed by atoms with Crippen LogP contribution >= 0.6 is 34.8 Å². The van der Waals surface area contributed by atoms with Crippen molar-refractivity contribution in [2.75, 3.05) is 17.6 Å². The van der Waals surface area contributed by atoms with Gasteiger partial charge in [0.05, 0.1) is 0 Å². The highest BCUT2D eigenvalue weighted by atomic mass is 35.5. The lowest BCUT2D eigenvalue weighted by atomic mass is 10.4. The Kier molecular flexibility index (Phi) is 22.1. The topological polar surface area (TPSA) is 0 Å². The highest BCUT2D eigenvalue weighted by Crippen LogP contribution is 1.86. The van der Waals surface area contributed by atoms with E-state index in [0.29, 0.717) is 11.8 Å². The van der Waals surface area contributed by atoms with Gasteiger partial charge in [-0.3, -0.25) is 0 Å². The third-order valence-electron chi connectivity index (χ3n) is 1.04. The molecule has 0 aromatic carbocycles. The molecule has 0 aliphatic carbocycles. The van der Waals surface area contributed by atoms with E-state index in [1.807, 2.05) is 31.2 Å². The minimum absolute atomic E-state index is 0.594. The van der Waals surface area contributed by atoms with E-state index < -0.39 is 0 Å². The fraction of sp³-hybridized carbons (Fsp3) is 0.600. The van der Waals surface area contributed by atoms with Crippen molar-refractivity contribution < 1.29 is 0 Å². The smallest absolute Gasteiger partial charge is 0.0404 e. The lowest BCUT2D eigenvalue weighted by Gasteiger charge is -1.77. The first-order chi connectivity index (χ1) is 6.33. The molecule has 0 aromatic rings. The van der Waals surface area contributed by atoms with E-state index in [-0.39, 0.29) is 0 Å². The summed E-state index contributed by atoms with van der Waals surface area (Å²) in [6.45, 7) is 1.99. The maximum absolute atomic E-state index is 5.34. The van der Waals surface area contributed by atoms with E-state index >= 15 is 0 Å². The van der Waals surface area contributed by atoms with Crippen LogP contribution in [0, 0.1) is 0 Å². The molecule has 0 saturated carbocycles. The molecular formula is C10H17Cl3. The normalized spacial score (nSPS) is 10.5. The molecular weight excluding hydrogens is 226 g/mol. The Labute approximate surface area is 96.6 Å². The molecule has 0 aliphatic heterocycles. The van der Waals surface area contributed by atoms with Crippen molar-refractivity contribution in [1.29, 1.82) is 0 Å². The molecule has 0 aliphatic rings. The summed E-state index contributed by atoms with van der Waals surface area (Å²) < 4.78 is 0. The van der Waals surface area contributed by atoms with Gasteiger partial charge in [-0.05, 0) is 19.8 Å². The summed E-state index contributed by atoms with van der Waals surface area (Å²) in [7, 11) is 0. The average Bonchev–Trinajstić information content (AvgIpc) is 2.17. The van der Waals surface area contributed by atoms with Crippen LogP contribution in [-0.4, -0.2) is 17.6 Å². The molecule has 0 amide bonds. The molecule has 0 spiro atoms. The van der Waals surface area contributed by atoms with Crippen LogP contribution in [0.3, 0.4) is 0 Å². The number of alkyl halides is 3. The van der Waals surface area contributed by atoms with E-state index in [9.17, 15) is 0 Å². The average molecular weight is 244 g/mol. The Hall–Kier alpha value is 0.350. The highest BCUT2D eigenvalue weighted by Gasteiger charge is 1.70. The third-order valence-corrected chi connectivity index (χ3v) is 1.66. The Morgan fingerprint density at radius 1 is 0.846 bits per heavy atom. The van der Waals surface area contributed by atoms with E-state index in [1.165, 1.54) is 0 Å². The van der Waals surface area contributed by atoms with Crippen LogP contribution in [0.25, 0.3) is 0 Å². The Morgan fingerprint density at radius 3 is 1.69 bits per heavy atom. The lowest BCUT2D eigenvalue weighted by Crippen LogP contribution is -1.65.